The Morgan fingerprint density at radius 2 is 1.71 bits per heavy atom. The number of alkyl halides is 3. The van der Waals surface area contributed by atoms with Crippen molar-refractivity contribution >= 4 is 15.9 Å². The molecule has 2 nitrogen and oxygen atoms in total. The second kappa shape index (κ2) is 6.49. The molecule has 0 heterocycles. The van der Waals surface area contributed by atoms with Crippen LogP contribution >= 0.6 is 15.9 Å². The summed E-state index contributed by atoms with van der Waals surface area (Å²) in [6, 6.07) is 10.4. The van der Waals surface area contributed by atoms with Gasteiger partial charge in [0.1, 0.15) is 12.4 Å². The minimum Gasteiger partial charge on any atom is -0.487 e. The summed E-state index contributed by atoms with van der Waals surface area (Å²) in [5.41, 5.74) is 6.44. The third-order valence-electron chi connectivity index (χ3n) is 2.93. The zero-order valence-corrected chi connectivity index (χ0v) is 12.5. The van der Waals surface area contributed by atoms with Crippen LogP contribution < -0.4 is 10.5 Å². The van der Waals surface area contributed by atoms with Crippen LogP contribution in [0.1, 0.15) is 16.7 Å². The van der Waals surface area contributed by atoms with E-state index < -0.39 is 11.7 Å². The maximum atomic E-state index is 12.5. The summed E-state index contributed by atoms with van der Waals surface area (Å²) in [4.78, 5) is 0. The summed E-state index contributed by atoms with van der Waals surface area (Å²) in [6.07, 6.45) is -4.32. The fraction of sp³-hybridized carbons (Fsp3) is 0.200. The second-order valence-electron chi connectivity index (χ2n) is 4.42. The van der Waals surface area contributed by atoms with E-state index in [-0.39, 0.29) is 6.61 Å². The fourth-order valence-corrected chi connectivity index (χ4v) is 2.34. The molecule has 2 N–H and O–H groups in total. The summed E-state index contributed by atoms with van der Waals surface area (Å²) in [5.74, 6) is 0.611. The van der Waals surface area contributed by atoms with E-state index in [2.05, 4.69) is 15.9 Å². The van der Waals surface area contributed by atoms with Crippen molar-refractivity contribution in [2.24, 2.45) is 5.73 Å². The van der Waals surface area contributed by atoms with Crippen molar-refractivity contribution in [3.63, 3.8) is 0 Å². The normalized spacial score (nSPS) is 11.5. The van der Waals surface area contributed by atoms with E-state index in [1.54, 1.807) is 0 Å². The highest BCUT2D eigenvalue weighted by atomic mass is 79.9. The molecular weight excluding hydrogens is 347 g/mol. The minimum absolute atomic E-state index is 0.174. The molecule has 0 unspecified atom stereocenters. The molecule has 0 amide bonds. The molecule has 0 bridgehead atoms. The van der Waals surface area contributed by atoms with Crippen LogP contribution in [-0.2, 0) is 19.3 Å². The van der Waals surface area contributed by atoms with Crippen molar-refractivity contribution in [1.29, 1.82) is 0 Å². The van der Waals surface area contributed by atoms with Crippen molar-refractivity contribution in [3.05, 3.63) is 63.6 Å². The van der Waals surface area contributed by atoms with Gasteiger partial charge in [-0.25, -0.2) is 0 Å². The van der Waals surface area contributed by atoms with E-state index >= 15 is 0 Å². The van der Waals surface area contributed by atoms with Crippen LogP contribution in [0.25, 0.3) is 0 Å². The van der Waals surface area contributed by atoms with Crippen LogP contribution in [-0.4, -0.2) is 0 Å². The number of benzene rings is 2. The number of rotatable bonds is 4. The Bertz CT molecular complexity index is 611. The van der Waals surface area contributed by atoms with Gasteiger partial charge in [0.25, 0.3) is 0 Å². The zero-order valence-electron chi connectivity index (χ0n) is 11.0. The minimum atomic E-state index is -4.32. The smallest absolute Gasteiger partial charge is 0.416 e. The molecule has 0 fully saturated rings. The summed E-state index contributed by atoms with van der Waals surface area (Å²) < 4.78 is 43.8. The fourth-order valence-electron chi connectivity index (χ4n) is 1.82. The predicted octanol–water partition coefficient (Wildman–Crippen LogP) is 4.51. The van der Waals surface area contributed by atoms with Gasteiger partial charge in [0.05, 0.1) is 10.0 Å². The van der Waals surface area contributed by atoms with Gasteiger partial charge in [0.15, 0.2) is 0 Å². The highest BCUT2D eigenvalue weighted by Gasteiger charge is 2.29. The van der Waals surface area contributed by atoms with Gasteiger partial charge in [-0.15, -0.1) is 0 Å². The summed E-state index contributed by atoms with van der Waals surface area (Å²) >= 11 is 3.37. The Morgan fingerprint density at radius 1 is 1.05 bits per heavy atom. The summed E-state index contributed by atoms with van der Waals surface area (Å²) in [6.45, 7) is 0.496. The Balaban J connectivity index is 2.10. The standard InChI is InChI=1S/C15H13BrF3NO/c16-13-3-1-2-11(8-20)14(13)21-9-10-4-6-12(7-5-10)15(17,18)19/h1-7H,8-9,20H2. The number of ether oxygens (including phenoxy) is 1. The van der Waals surface area contributed by atoms with Crippen molar-refractivity contribution in [2.45, 2.75) is 19.3 Å². The lowest BCUT2D eigenvalue weighted by Gasteiger charge is -2.13. The molecular formula is C15H13BrF3NO. The number of nitrogens with two attached hydrogens (primary N) is 1. The van der Waals surface area contributed by atoms with Gasteiger partial charge < -0.3 is 10.5 Å². The Labute approximate surface area is 128 Å². The average Bonchev–Trinajstić information content (AvgIpc) is 2.45. The topological polar surface area (TPSA) is 35.2 Å². The van der Waals surface area contributed by atoms with E-state index in [0.29, 0.717) is 17.9 Å². The SMILES string of the molecule is NCc1cccc(Br)c1OCc1ccc(C(F)(F)F)cc1. The van der Waals surface area contributed by atoms with E-state index in [1.165, 1.54) is 12.1 Å². The van der Waals surface area contributed by atoms with E-state index in [4.69, 9.17) is 10.5 Å². The van der Waals surface area contributed by atoms with Crippen molar-refractivity contribution in [1.82, 2.24) is 0 Å². The van der Waals surface area contributed by atoms with Gasteiger partial charge in [0.2, 0.25) is 0 Å². The maximum Gasteiger partial charge on any atom is 0.416 e. The number of hydrogen-bond acceptors (Lipinski definition) is 2. The molecule has 0 atom stereocenters. The summed E-state index contributed by atoms with van der Waals surface area (Å²) in [5, 5.41) is 0. The lowest BCUT2D eigenvalue weighted by Crippen LogP contribution is -2.06. The molecule has 6 heteroatoms. The second-order valence-corrected chi connectivity index (χ2v) is 5.27. The molecule has 0 aliphatic heterocycles. The molecule has 0 saturated carbocycles. The molecule has 2 aromatic rings. The highest BCUT2D eigenvalue weighted by Crippen LogP contribution is 2.31. The number of para-hydroxylation sites is 1. The van der Waals surface area contributed by atoms with Gasteiger partial charge in [-0.1, -0.05) is 24.3 Å². The first kappa shape index (κ1) is 15.9. The van der Waals surface area contributed by atoms with Crippen LogP contribution in [0.5, 0.6) is 5.75 Å². The first-order valence-electron chi connectivity index (χ1n) is 6.18. The van der Waals surface area contributed by atoms with Gasteiger partial charge in [-0.2, -0.15) is 13.2 Å². The van der Waals surface area contributed by atoms with Crippen LogP contribution in [0.4, 0.5) is 13.2 Å². The zero-order chi connectivity index (χ0) is 15.5. The Morgan fingerprint density at radius 3 is 2.29 bits per heavy atom. The van der Waals surface area contributed by atoms with E-state index in [1.807, 2.05) is 18.2 Å². The molecule has 0 aromatic heterocycles. The van der Waals surface area contributed by atoms with E-state index in [9.17, 15) is 13.2 Å². The largest absolute Gasteiger partial charge is 0.487 e. The van der Waals surface area contributed by atoms with E-state index in [0.717, 1.165) is 22.2 Å². The van der Waals surface area contributed by atoms with Crippen LogP contribution in [0.3, 0.4) is 0 Å². The molecule has 2 aromatic carbocycles. The van der Waals surface area contributed by atoms with Crippen molar-refractivity contribution in [3.8, 4) is 5.75 Å². The first-order chi connectivity index (χ1) is 9.91. The molecule has 0 saturated heterocycles. The van der Waals surface area contributed by atoms with Crippen LogP contribution in [0.15, 0.2) is 46.9 Å². The Hall–Kier alpha value is -1.53. The molecule has 0 radical (unpaired) electrons. The highest BCUT2D eigenvalue weighted by molar-refractivity contribution is 9.10. The maximum absolute atomic E-state index is 12.5. The molecule has 112 valence electrons. The molecule has 0 aliphatic rings. The first-order valence-corrected chi connectivity index (χ1v) is 6.97. The van der Waals surface area contributed by atoms with Gasteiger partial charge in [-0.3, -0.25) is 0 Å². The number of hydrogen-bond donors (Lipinski definition) is 1. The lowest BCUT2D eigenvalue weighted by atomic mass is 10.1. The number of halogens is 4. The molecule has 21 heavy (non-hydrogen) atoms. The van der Waals surface area contributed by atoms with Crippen molar-refractivity contribution < 1.29 is 17.9 Å². The van der Waals surface area contributed by atoms with Crippen LogP contribution in [0, 0.1) is 0 Å². The van der Waals surface area contributed by atoms with Crippen molar-refractivity contribution in [2.75, 3.05) is 0 Å². The average molecular weight is 360 g/mol. The lowest BCUT2D eigenvalue weighted by molar-refractivity contribution is -0.137. The van der Waals surface area contributed by atoms with Gasteiger partial charge in [0, 0.05) is 12.1 Å². The predicted molar refractivity (Wildman–Crippen MR) is 77.8 cm³/mol. The third-order valence-corrected chi connectivity index (χ3v) is 3.56. The van der Waals surface area contributed by atoms with Crippen LogP contribution in [0.2, 0.25) is 0 Å². The third kappa shape index (κ3) is 3.98. The quantitative estimate of drug-likeness (QED) is 0.871. The summed E-state index contributed by atoms with van der Waals surface area (Å²) in [7, 11) is 0. The molecule has 0 aliphatic carbocycles. The molecule has 0 spiro atoms. The monoisotopic (exact) mass is 359 g/mol. The van der Waals surface area contributed by atoms with Gasteiger partial charge in [-0.05, 0) is 39.7 Å². The molecule has 2 rings (SSSR count). The Kier molecular flexibility index (Phi) is 4.90. The van der Waals surface area contributed by atoms with Gasteiger partial charge >= 0.3 is 6.18 Å².